The number of H-pyrrole nitrogens is 1. The number of aromatic amines is 1. The third-order valence-electron chi connectivity index (χ3n) is 4.06. The van der Waals surface area contributed by atoms with Gasteiger partial charge in [0.05, 0.1) is 11.4 Å². The Morgan fingerprint density at radius 1 is 1.57 bits per heavy atom. The van der Waals surface area contributed by atoms with Crippen LogP contribution in [-0.4, -0.2) is 52.1 Å². The maximum absolute atomic E-state index is 11.9. The second-order valence-corrected chi connectivity index (χ2v) is 7.12. The summed E-state index contributed by atoms with van der Waals surface area (Å²) in [6.45, 7) is 9.27. The fraction of sp³-hybridized carbons (Fsp3) is 0.733. The van der Waals surface area contributed by atoms with Crippen LogP contribution in [0.5, 0.6) is 0 Å². The van der Waals surface area contributed by atoms with Gasteiger partial charge in [-0.15, -0.1) is 0 Å². The van der Waals surface area contributed by atoms with Gasteiger partial charge in [0.2, 0.25) is 5.91 Å². The van der Waals surface area contributed by atoms with Crippen LogP contribution in [0.1, 0.15) is 25.2 Å². The van der Waals surface area contributed by atoms with Gasteiger partial charge >= 0.3 is 0 Å². The number of carbonyl (C=O) groups is 1. The first-order chi connectivity index (χ1) is 9.99. The monoisotopic (exact) mass is 310 g/mol. The summed E-state index contributed by atoms with van der Waals surface area (Å²) >= 11 is 1.57. The summed E-state index contributed by atoms with van der Waals surface area (Å²) in [5.74, 6) is 1.77. The molecule has 0 saturated carbocycles. The van der Waals surface area contributed by atoms with E-state index < -0.39 is 0 Å². The maximum atomic E-state index is 11.9. The highest BCUT2D eigenvalue weighted by Gasteiger charge is 2.35. The van der Waals surface area contributed by atoms with Crippen molar-refractivity contribution in [3.05, 3.63) is 17.5 Å². The van der Waals surface area contributed by atoms with E-state index in [9.17, 15) is 4.79 Å². The van der Waals surface area contributed by atoms with Gasteiger partial charge in [0, 0.05) is 31.4 Å². The molecule has 2 heterocycles. The standard InChI is InChI=1S/C15H26N4OS/c1-10(2)13-7-19(6-12-5-11(3)17-18-12)8-14(13)16-15(20)9-21-4/h5,10,13-14H,6-9H2,1-4H3,(H,16,20)(H,17,18)/t13-,14+/m1/s1. The molecular weight excluding hydrogens is 284 g/mol. The first-order valence-corrected chi connectivity index (χ1v) is 8.90. The normalized spacial score (nSPS) is 22.9. The van der Waals surface area contributed by atoms with Crippen molar-refractivity contribution in [2.24, 2.45) is 11.8 Å². The van der Waals surface area contributed by atoms with Crippen molar-refractivity contribution in [3.8, 4) is 0 Å². The van der Waals surface area contributed by atoms with Crippen molar-refractivity contribution >= 4 is 17.7 Å². The predicted octanol–water partition coefficient (Wildman–Crippen LogP) is 1.65. The highest BCUT2D eigenvalue weighted by molar-refractivity contribution is 7.99. The zero-order valence-electron chi connectivity index (χ0n) is 13.3. The highest BCUT2D eigenvalue weighted by atomic mass is 32.2. The van der Waals surface area contributed by atoms with Crippen molar-refractivity contribution in [2.45, 2.75) is 33.4 Å². The van der Waals surface area contributed by atoms with Gasteiger partial charge in [0.15, 0.2) is 0 Å². The first kappa shape index (κ1) is 16.4. The average Bonchev–Trinajstić information content (AvgIpc) is 2.97. The lowest BCUT2D eigenvalue weighted by Crippen LogP contribution is -2.42. The fourth-order valence-electron chi connectivity index (χ4n) is 3.03. The van der Waals surface area contributed by atoms with Crippen molar-refractivity contribution in [1.82, 2.24) is 20.4 Å². The number of likely N-dealkylation sites (tertiary alicyclic amines) is 1. The zero-order valence-corrected chi connectivity index (χ0v) is 14.2. The minimum Gasteiger partial charge on any atom is -0.351 e. The minimum atomic E-state index is 0.149. The van der Waals surface area contributed by atoms with Crippen LogP contribution >= 0.6 is 11.8 Å². The second-order valence-electron chi connectivity index (χ2n) is 6.25. The van der Waals surface area contributed by atoms with E-state index in [1.165, 1.54) is 0 Å². The number of hydrogen-bond donors (Lipinski definition) is 2. The molecule has 0 radical (unpaired) electrons. The van der Waals surface area contributed by atoms with Gasteiger partial charge in [0.25, 0.3) is 0 Å². The SMILES string of the molecule is CSCC(=O)N[C@H]1CN(Cc2cc(C)[nH]n2)C[C@@H]1C(C)C. The highest BCUT2D eigenvalue weighted by Crippen LogP contribution is 2.25. The van der Waals surface area contributed by atoms with E-state index in [-0.39, 0.29) is 11.9 Å². The van der Waals surface area contributed by atoms with Crippen LogP contribution in [-0.2, 0) is 11.3 Å². The lowest BCUT2D eigenvalue weighted by atomic mass is 9.91. The predicted molar refractivity (Wildman–Crippen MR) is 87.2 cm³/mol. The zero-order chi connectivity index (χ0) is 15.4. The quantitative estimate of drug-likeness (QED) is 0.839. The summed E-state index contributed by atoms with van der Waals surface area (Å²) in [5, 5.41) is 10.5. The van der Waals surface area contributed by atoms with Crippen LogP contribution < -0.4 is 5.32 Å². The summed E-state index contributed by atoms with van der Waals surface area (Å²) < 4.78 is 0. The molecule has 0 spiro atoms. The van der Waals surface area contributed by atoms with Gasteiger partial charge in [-0.05, 0) is 31.1 Å². The van der Waals surface area contributed by atoms with Crippen LogP contribution in [0.2, 0.25) is 0 Å². The van der Waals surface area contributed by atoms with Crippen molar-refractivity contribution in [1.29, 1.82) is 0 Å². The lowest BCUT2D eigenvalue weighted by molar-refractivity contribution is -0.119. The van der Waals surface area contributed by atoms with E-state index in [0.717, 1.165) is 31.0 Å². The second kappa shape index (κ2) is 7.31. The number of aromatic nitrogens is 2. The van der Waals surface area contributed by atoms with Crippen molar-refractivity contribution in [2.75, 3.05) is 25.1 Å². The Bertz CT molecular complexity index is 474. The van der Waals surface area contributed by atoms with Gasteiger partial charge in [-0.1, -0.05) is 13.8 Å². The summed E-state index contributed by atoms with van der Waals surface area (Å²) in [6.07, 6.45) is 1.96. The molecule has 5 nitrogen and oxygen atoms in total. The molecule has 118 valence electrons. The lowest BCUT2D eigenvalue weighted by Gasteiger charge is -2.22. The maximum Gasteiger partial charge on any atom is 0.230 e. The molecule has 1 aromatic rings. The molecule has 2 rings (SSSR count). The minimum absolute atomic E-state index is 0.149. The molecule has 1 aliphatic heterocycles. The number of aryl methyl sites for hydroxylation is 1. The van der Waals surface area contributed by atoms with Gasteiger partial charge in [-0.2, -0.15) is 16.9 Å². The summed E-state index contributed by atoms with van der Waals surface area (Å²) in [4.78, 5) is 14.3. The Morgan fingerprint density at radius 2 is 2.33 bits per heavy atom. The number of carbonyl (C=O) groups excluding carboxylic acids is 1. The van der Waals surface area contributed by atoms with E-state index in [1.54, 1.807) is 11.8 Å². The van der Waals surface area contributed by atoms with E-state index in [4.69, 9.17) is 0 Å². The van der Waals surface area contributed by atoms with Crippen molar-refractivity contribution < 1.29 is 4.79 Å². The number of nitrogens with zero attached hydrogens (tertiary/aromatic N) is 2. The molecule has 1 aromatic heterocycles. The third-order valence-corrected chi connectivity index (χ3v) is 4.61. The Hall–Kier alpha value is -1.01. The summed E-state index contributed by atoms with van der Waals surface area (Å²) in [6, 6.07) is 2.34. The Labute approximate surface area is 131 Å². The molecule has 21 heavy (non-hydrogen) atoms. The van der Waals surface area contributed by atoms with Gasteiger partial charge in [-0.25, -0.2) is 0 Å². The van der Waals surface area contributed by atoms with E-state index in [1.807, 2.05) is 13.2 Å². The summed E-state index contributed by atoms with van der Waals surface area (Å²) in [5.41, 5.74) is 2.17. The molecule has 1 saturated heterocycles. The topological polar surface area (TPSA) is 61.0 Å². The van der Waals surface area contributed by atoms with Crippen LogP contribution in [0.25, 0.3) is 0 Å². The number of nitrogens with one attached hydrogen (secondary N) is 2. The molecule has 6 heteroatoms. The number of hydrogen-bond acceptors (Lipinski definition) is 4. The third kappa shape index (κ3) is 4.48. The first-order valence-electron chi connectivity index (χ1n) is 7.51. The van der Waals surface area contributed by atoms with Crippen LogP contribution in [0, 0.1) is 18.8 Å². The molecule has 0 aliphatic carbocycles. The van der Waals surface area contributed by atoms with Gasteiger partial charge in [-0.3, -0.25) is 14.8 Å². The van der Waals surface area contributed by atoms with Gasteiger partial charge in [0.1, 0.15) is 0 Å². The molecule has 0 aromatic carbocycles. The van der Waals surface area contributed by atoms with E-state index >= 15 is 0 Å². The molecule has 1 aliphatic rings. The summed E-state index contributed by atoms with van der Waals surface area (Å²) in [7, 11) is 0. The number of rotatable bonds is 6. The van der Waals surface area contributed by atoms with E-state index in [0.29, 0.717) is 17.6 Å². The fourth-order valence-corrected chi connectivity index (χ4v) is 3.38. The number of amides is 1. The molecule has 2 N–H and O–H groups in total. The molecule has 1 amide bonds. The molecule has 2 atom stereocenters. The van der Waals surface area contributed by atoms with E-state index in [2.05, 4.69) is 40.3 Å². The smallest absolute Gasteiger partial charge is 0.230 e. The average molecular weight is 310 g/mol. The largest absolute Gasteiger partial charge is 0.351 e. The molecular formula is C15H26N4OS. The van der Waals surface area contributed by atoms with Crippen LogP contribution in [0.15, 0.2) is 6.07 Å². The molecule has 0 bridgehead atoms. The molecule has 0 unspecified atom stereocenters. The molecule has 1 fully saturated rings. The van der Waals surface area contributed by atoms with Crippen LogP contribution in [0.3, 0.4) is 0 Å². The van der Waals surface area contributed by atoms with Crippen LogP contribution in [0.4, 0.5) is 0 Å². The number of thioether (sulfide) groups is 1. The Balaban J connectivity index is 1.95. The Morgan fingerprint density at radius 3 is 2.90 bits per heavy atom. The Kier molecular flexibility index (Phi) is 5.70. The van der Waals surface area contributed by atoms with Gasteiger partial charge < -0.3 is 5.32 Å². The van der Waals surface area contributed by atoms with Crippen molar-refractivity contribution in [3.63, 3.8) is 0 Å².